The standard InChI is InChI=1S/C69H44N3.Ir/c1-3-17-48(18-4-1)49-28-30-52(31-29-49)63-46-57(68-27-13-16-44-72-68)47-65(69(63)55-19-5-2-6-20-55)62-41-40-56(60-23-8-7-21-58(60)50-32-36-53(37-33-50)66-25-11-14-42-70-66)45-64(62)61-24-10-9-22-59(61)51-34-38-54(39-35-51)67-26-12-15-43-71-67;/h1-36,38,40-46H;/q-3;+3. The minimum atomic E-state index is 0. The molecule has 0 saturated heterocycles. The molecule has 4 heteroatoms. The average Bonchev–Trinajstić information content (AvgIpc) is 3.48. The van der Waals surface area contributed by atoms with Crippen LogP contribution in [0.4, 0.5) is 0 Å². The minimum Gasteiger partial charge on any atom is -0.305 e. The van der Waals surface area contributed by atoms with Crippen LogP contribution in [0.5, 0.6) is 0 Å². The van der Waals surface area contributed by atoms with Gasteiger partial charge in [0.15, 0.2) is 0 Å². The number of benzene rings is 9. The number of hydrogen-bond donors (Lipinski definition) is 0. The molecule has 0 N–H and O–H groups in total. The van der Waals surface area contributed by atoms with Crippen molar-refractivity contribution in [3.05, 3.63) is 286 Å². The summed E-state index contributed by atoms with van der Waals surface area (Å²) >= 11 is 0. The summed E-state index contributed by atoms with van der Waals surface area (Å²) < 4.78 is 0. The van der Waals surface area contributed by atoms with Gasteiger partial charge < -0.3 is 9.97 Å². The molecule has 3 heterocycles. The van der Waals surface area contributed by atoms with Crippen molar-refractivity contribution in [1.29, 1.82) is 0 Å². The molecule has 0 unspecified atom stereocenters. The second-order valence-corrected chi connectivity index (χ2v) is 17.6. The number of pyridine rings is 3. The summed E-state index contributed by atoms with van der Waals surface area (Å²) in [4.78, 5) is 14.1. The van der Waals surface area contributed by atoms with Crippen LogP contribution >= 0.6 is 0 Å². The van der Waals surface area contributed by atoms with Crippen molar-refractivity contribution in [2.45, 2.75) is 0 Å². The van der Waals surface area contributed by atoms with Crippen LogP contribution in [0.25, 0.3) is 123 Å². The van der Waals surface area contributed by atoms with Gasteiger partial charge in [-0.1, -0.05) is 238 Å². The van der Waals surface area contributed by atoms with Crippen LogP contribution in [0.3, 0.4) is 0 Å². The summed E-state index contributed by atoms with van der Waals surface area (Å²) in [7, 11) is 0. The topological polar surface area (TPSA) is 38.7 Å². The van der Waals surface area contributed by atoms with Gasteiger partial charge in [-0.2, -0.15) is 0 Å². The third-order valence-corrected chi connectivity index (χ3v) is 13.2. The summed E-state index contributed by atoms with van der Waals surface area (Å²) in [5.74, 6) is 0. The first-order chi connectivity index (χ1) is 35.7. The Bertz CT molecular complexity index is 3790. The Kier molecular flexibility index (Phi) is 13.5. The molecule has 12 aromatic rings. The van der Waals surface area contributed by atoms with Crippen molar-refractivity contribution in [1.82, 2.24) is 15.0 Å². The molecular formula is C69H44IrN3. The Morgan fingerprint density at radius 1 is 0.260 bits per heavy atom. The maximum absolute atomic E-state index is 4.91. The molecule has 3 aromatic heterocycles. The fourth-order valence-electron chi connectivity index (χ4n) is 9.71. The third-order valence-electron chi connectivity index (χ3n) is 13.2. The molecule has 0 atom stereocenters. The quantitative estimate of drug-likeness (QED) is 0.121. The molecule has 0 saturated carbocycles. The van der Waals surface area contributed by atoms with Crippen LogP contribution in [-0.2, 0) is 20.1 Å². The van der Waals surface area contributed by atoms with Crippen molar-refractivity contribution < 1.29 is 20.1 Å². The van der Waals surface area contributed by atoms with E-state index >= 15 is 0 Å². The number of rotatable bonds is 11. The molecule has 3 nitrogen and oxygen atoms in total. The van der Waals surface area contributed by atoms with E-state index in [9.17, 15) is 0 Å². The number of nitrogens with zero attached hydrogens (tertiary/aromatic N) is 3. The van der Waals surface area contributed by atoms with Gasteiger partial charge >= 0.3 is 20.1 Å². The Hall–Kier alpha value is -8.92. The molecule has 12 rings (SSSR count). The zero-order valence-corrected chi connectivity index (χ0v) is 42.0. The van der Waals surface area contributed by atoms with Gasteiger partial charge in [0.2, 0.25) is 0 Å². The van der Waals surface area contributed by atoms with Gasteiger partial charge in [-0.3, -0.25) is 4.98 Å². The number of hydrogen-bond acceptors (Lipinski definition) is 3. The second kappa shape index (κ2) is 21.2. The number of aromatic nitrogens is 3. The van der Waals surface area contributed by atoms with Gasteiger partial charge in [0.1, 0.15) is 0 Å². The Morgan fingerprint density at radius 3 is 1.21 bits per heavy atom. The molecule has 0 bridgehead atoms. The van der Waals surface area contributed by atoms with Crippen molar-refractivity contribution in [3.63, 3.8) is 0 Å². The normalized spacial score (nSPS) is 10.9. The first kappa shape index (κ1) is 46.5. The van der Waals surface area contributed by atoms with E-state index in [1.807, 2.05) is 67.1 Å². The average molecular weight is 1110 g/mol. The first-order valence-corrected chi connectivity index (χ1v) is 24.2. The van der Waals surface area contributed by atoms with E-state index in [1.165, 1.54) is 5.56 Å². The molecule has 0 fully saturated rings. The largest absolute Gasteiger partial charge is 3.00 e. The maximum Gasteiger partial charge on any atom is 3.00 e. The molecule has 0 aliphatic rings. The van der Waals surface area contributed by atoms with Gasteiger partial charge in [0, 0.05) is 24.3 Å². The Labute approximate surface area is 440 Å². The van der Waals surface area contributed by atoms with Crippen molar-refractivity contribution in [3.8, 4) is 123 Å². The van der Waals surface area contributed by atoms with Crippen molar-refractivity contribution >= 4 is 0 Å². The van der Waals surface area contributed by atoms with Gasteiger partial charge in [-0.15, -0.1) is 77.4 Å². The van der Waals surface area contributed by atoms with E-state index in [2.05, 4.69) is 228 Å². The predicted octanol–water partition coefficient (Wildman–Crippen LogP) is 17.6. The molecule has 9 aromatic carbocycles. The van der Waals surface area contributed by atoms with Crippen molar-refractivity contribution in [2.24, 2.45) is 0 Å². The van der Waals surface area contributed by atoms with E-state index in [0.717, 1.165) is 117 Å². The van der Waals surface area contributed by atoms with E-state index in [4.69, 9.17) is 4.98 Å². The molecule has 0 amide bonds. The summed E-state index contributed by atoms with van der Waals surface area (Å²) in [6.45, 7) is 0. The molecule has 0 aliphatic heterocycles. The van der Waals surface area contributed by atoms with Gasteiger partial charge in [-0.25, -0.2) is 0 Å². The minimum absolute atomic E-state index is 0. The second-order valence-electron chi connectivity index (χ2n) is 17.6. The van der Waals surface area contributed by atoms with Crippen molar-refractivity contribution in [2.75, 3.05) is 0 Å². The summed E-state index contributed by atoms with van der Waals surface area (Å²) in [5, 5.41) is 0. The Balaban J connectivity index is 0.00000574. The molecule has 73 heavy (non-hydrogen) atoms. The summed E-state index contributed by atoms with van der Waals surface area (Å²) in [6, 6.07) is 98.7. The molecule has 344 valence electrons. The molecule has 0 spiro atoms. The van der Waals surface area contributed by atoms with Gasteiger partial charge in [0.25, 0.3) is 0 Å². The van der Waals surface area contributed by atoms with E-state index < -0.39 is 0 Å². The van der Waals surface area contributed by atoms with Crippen LogP contribution in [0.15, 0.2) is 267 Å². The van der Waals surface area contributed by atoms with Crippen LogP contribution < -0.4 is 0 Å². The SMILES string of the molecule is [Ir+3].[c-]1cc(-c2ccccc2-c2ccc(-c3[c-]c(-c4ccccn4)cc(-c4ccc(-c5ccccc5)cc4)c3-c3ccccc3)c(-c3ccccc3-c3c[c-]c(-c4ccccn4)cc3)c2)ccc1-c1ccccn1. The molecule has 0 radical (unpaired) electrons. The van der Waals surface area contributed by atoms with Crippen LogP contribution in [0.1, 0.15) is 0 Å². The van der Waals surface area contributed by atoms with E-state index in [-0.39, 0.29) is 20.1 Å². The van der Waals surface area contributed by atoms with E-state index in [0.29, 0.717) is 0 Å². The smallest absolute Gasteiger partial charge is 0.305 e. The van der Waals surface area contributed by atoms with Gasteiger partial charge in [0.05, 0.1) is 0 Å². The predicted molar refractivity (Wildman–Crippen MR) is 296 cm³/mol. The zero-order valence-electron chi connectivity index (χ0n) is 39.6. The Morgan fingerprint density at radius 2 is 0.685 bits per heavy atom. The first-order valence-electron chi connectivity index (χ1n) is 24.2. The third kappa shape index (κ3) is 9.66. The molecule has 0 aliphatic carbocycles. The van der Waals surface area contributed by atoms with Crippen LogP contribution in [0, 0.1) is 18.2 Å². The fourth-order valence-corrected chi connectivity index (χ4v) is 9.71. The van der Waals surface area contributed by atoms with Crippen LogP contribution in [-0.4, -0.2) is 15.0 Å². The van der Waals surface area contributed by atoms with E-state index in [1.54, 1.807) is 0 Å². The van der Waals surface area contributed by atoms with Gasteiger partial charge in [-0.05, 0) is 68.5 Å². The summed E-state index contributed by atoms with van der Waals surface area (Å²) in [6.07, 6.45) is 5.50. The van der Waals surface area contributed by atoms with Crippen LogP contribution in [0.2, 0.25) is 0 Å². The zero-order chi connectivity index (χ0) is 48.1. The fraction of sp³-hybridized carbons (Fsp3) is 0. The summed E-state index contributed by atoms with van der Waals surface area (Å²) in [5.41, 5.74) is 22.9. The molecular weight excluding hydrogens is 1060 g/mol. The monoisotopic (exact) mass is 1110 g/mol. The maximum atomic E-state index is 4.91.